The first kappa shape index (κ1) is 11.0. The van der Waals surface area contributed by atoms with Gasteiger partial charge >= 0.3 is 0 Å². The second-order valence-electron chi connectivity index (χ2n) is 3.16. The van der Waals surface area contributed by atoms with E-state index < -0.39 is 9.64 Å². The molecule has 0 N–H and O–H groups in total. The van der Waals surface area contributed by atoms with Crippen molar-refractivity contribution in [3.8, 4) is 0 Å². The normalized spacial score (nSPS) is 12.2. The molecule has 0 aliphatic rings. The molecule has 80 valence electrons. The van der Waals surface area contributed by atoms with Crippen LogP contribution in [0, 0.1) is 6.92 Å². The lowest BCUT2D eigenvalue weighted by Gasteiger charge is -2.03. The SMILES string of the molecule is Cc1cc2cc(Br)cnc2n1S(=O)(=O)P. The molecule has 7 heteroatoms. The van der Waals surface area contributed by atoms with Crippen molar-refractivity contribution in [3.63, 3.8) is 0 Å². The van der Waals surface area contributed by atoms with E-state index in [4.69, 9.17) is 0 Å². The van der Waals surface area contributed by atoms with Crippen LogP contribution in [0.1, 0.15) is 5.69 Å². The molecule has 4 nitrogen and oxygen atoms in total. The fourth-order valence-corrected chi connectivity index (χ4v) is 3.49. The molecule has 0 saturated carbocycles. The van der Waals surface area contributed by atoms with Crippen LogP contribution in [0.3, 0.4) is 0 Å². The van der Waals surface area contributed by atoms with Crippen LogP contribution in [0.4, 0.5) is 0 Å². The van der Waals surface area contributed by atoms with Crippen LogP contribution in [0.25, 0.3) is 11.0 Å². The van der Waals surface area contributed by atoms with E-state index in [1.165, 1.54) is 3.97 Å². The highest BCUT2D eigenvalue weighted by Crippen LogP contribution is 2.24. The second-order valence-corrected chi connectivity index (χ2v) is 7.26. The number of halogens is 1. The largest absolute Gasteiger partial charge is 0.250 e. The Morgan fingerprint density at radius 2 is 2.13 bits per heavy atom. The minimum absolute atomic E-state index is 0.450. The Morgan fingerprint density at radius 1 is 1.47 bits per heavy atom. The Balaban J connectivity index is 2.92. The smallest absolute Gasteiger partial charge is 0.236 e. The maximum Gasteiger partial charge on any atom is 0.250 e. The zero-order valence-electron chi connectivity index (χ0n) is 7.81. The third-order valence-electron chi connectivity index (χ3n) is 1.99. The van der Waals surface area contributed by atoms with E-state index in [-0.39, 0.29) is 0 Å². The number of fused-ring (bicyclic) bond motifs is 1. The first-order valence-corrected chi connectivity index (χ1v) is 7.77. The van der Waals surface area contributed by atoms with E-state index in [2.05, 4.69) is 20.9 Å². The summed E-state index contributed by atoms with van der Waals surface area (Å²) >= 11 is 3.29. The molecule has 0 aliphatic carbocycles. The lowest BCUT2D eigenvalue weighted by molar-refractivity contribution is 0.603. The van der Waals surface area contributed by atoms with Gasteiger partial charge in [0.1, 0.15) is 0 Å². The average molecular weight is 307 g/mol. The van der Waals surface area contributed by atoms with Crippen LogP contribution >= 0.6 is 24.4 Å². The van der Waals surface area contributed by atoms with Gasteiger partial charge in [-0.2, -0.15) is 0 Å². The molecular weight excluding hydrogens is 299 g/mol. The van der Waals surface area contributed by atoms with E-state index in [0.717, 1.165) is 9.86 Å². The van der Waals surface area contributed by atoms with Crippen LogP contribution in [0.15, 0.2) is 22.8 Å². The van der Waals surface area contributed by atoms with Crippen molar-refractivity contribution in [2.24, 2.45) is 0 Å². The number of pyridine rings is 1. The first-order chi connectivity index (χ1) is 6.89. The Bertz CT molecular complexity index is 635. The van der Waals surface area contributed by atoms with Gasteiger partial charge in [-0.25, -0.2) is 17.4 Å². The molecule has 2 aromatic heterocycles. The number of rotatable bonds is 1. The van der Waals surface area contributed by atoms with E-state index in [9.17, 15) is 8.42 Å². The second kappa shape index (κ2) is 3.54. The van der Waals surface area contributed by atoms with E-state index in [1.807, 2.05) is 14.5 Å². The summed E-state index contributed by atoms with van der Waals surface area (Å²) in [5, 5.41) is 0.799. The highest BCUT2D eigenvalue weighted by molar-refractivity contribution is 9.10. The fourth-order valence-electron chi connectivity index (χ4n) is 1.50. The van der Waals surface area contributed by atoms with Gasteiger partial charge in [0.05, 0.1) is 0 Å². The lowest BCUT2D eigenvalue weighted by Crippen LogP contribution is -2.06. The summed E-state index contributed by atoms with van der Waals surface area (Å²) in [5.41, 5.74) is 1.09. The monoisotopic (exact) mass is 306 g/mol. The number of aromatic nitrogens is 2. The highest BCUT2D eigenvalue weighted by Gasteiger charge is 2.14. The first-order valence-electron chi connectivity index (χ1n) is 4.06. The summed E-state index contributed by atoms with van der Waals surface area (Å²) in [4.78, 5) is 4.09. The van der Waals surface area contributed by atoms with Gasteiger partial charge < -0.3 is 0 Å². The fraction of sp³-hybridized carbons (Fsp3) is 0.125. The number of nitrogens with zero attached hydrogens (tertiary/aromatic N) is 2. The molecule has 2 heterocycles. The molecule has 2 aromatic rings. The van der Waals surface area contributed by atoms with Crippen LogP contribution in [0.2, 0.25) is 0 Å². The Labute approximate surface area is 97.8 Å². The van der Waals surface area contributed by atoms with Crippen molar-refractivity contribution >= 4 is 45.0 Å². The number of hydrogen-bond acceptors (Lipinski definition) is 3. The maximum absolute atomic E-state index is 11.5. The molecule has 0 bridgehead atoms. The molecule has 15 heavy (non-hydrogen) atoms. The summed E-state index contributed by atoms with van der Waals surface area (Å²) in [6.07, 6.45) is 1.58. The van der Waals surface area contributed by atoms with Crippen molar-refractivity contribution in [2.75, 3.05) is 0 Å². The lowest BCUT2D eigenvalue weighted by atomic mass is 10.3. The number of aryl methyl sites for hydroxylation is 1. The van der Waals surface area contributed by atoms with Gasteiger partial charge in [0, 0.05) is 30.2 Å². The average Bonchev–Trinajstić information content (AvgIpc) is 2.38. The predicted octanol–water partition coefficient (Wildman–Crippen LogP) is 2.08. The van der Waals surface area contributed by atoms with Gasteiger partial charge in [-0.15, -0.1) is 0 Å². The maximum atomic E-state index is 11.5. The molecule has 0 aliphatic heterocycles. The van der Waals surface area contributed by atoms with Crippen molar-refractivity contribution in [3.05, 3.63) is 28.5 Å². The molecular formula is C8H8BrN2O2PS. The van der Waals surface area contributed by atoms with Crippen molar-refractivity contribution in [1.29, 1.82) is 0 Å². The third kappa shape index (κ3) is 1.94. The molecule has 1 atom stereocenters. The van der Waals surface area contributed by atoms with Gasteiger partial charge in [0.15, 0.2) is 5.65 Å². The topological polar surface area (TPSA) is 52.0 Å². The standard InChI is InChI=1S/C8H8BrN2O2PS/c1-5-2-6-3-7(9)4-10-8(6)11(5)15(12,13)14/h2-4H,14H2,1H3. The minimum Gasteiger partial charge on any atom is -0.236 e. The summed E-state index contributed by atoms with van der Waals surface area (Å²) in [5.74, 6) is 0. The van der Waals surface area contributed by atoms with Gasteiger partial charge in [-0.3, -0.25) is 0 Å². The van der Waals surface area contributed by atoms with Crippen LogP contribution < -0.4 is 0 Å². The Kier molecular flexibility index (Phi) is 2.61. The quantitative estimate of drug-likeness (QED) is 0.758. The van der Waals surface area contributed by atoms with E-state index >= 15 is 0 Å². The van der Waals surface area contributed by atoms with Gasteiger partial charge in [-0.1, -0.05) is 0 Å². The third-order valence-corrected chi connectivity index (χ3v) is 4.03. The molecule has 0 amide bonds. The molecule has 2 rings (SSSR count). The van der Waals surface area contributed by atoms with Crippen LogP contribution in [-0.4, -0.2) is 17.4 Å². The molecule has 1 unspecified atom stereocenters. The summed E-state index contributed by atoms with van der Waals surface area (Å²) in [7, 11) is -1.55. The molecule has 0 fully saturated rings. The minimum atomic E-state index is -3.37. The zero-order valence-corrected chi connectivity index (χ0v) is 11.4. The summed E-state index contributed by atoms with van der Waals surface area (Å²) in [6, 6.07) is 3.62. The van der Waals surface area contributed by atoms with Gasteiger partial charge in [0.25, 0.3) is 9.64 Å². The van der Waals surface area contributed by atoms with Crippen molar-refractivity contribution in [2.45, 2.75) is 6.92 Å². The van der Waals surface area contributed by atoms with Crippen LogP contribution in [0.5, 0.6) is 0 Å². The van der Waals surface area contributed by atoms with E-state index in [0.29, 0.717) is 11.3 Å². The van der Waals surface area contributed by atoms with Gasteiger partial charge in [-0.05, 0) is 35.0 Å². The number of hydrogen-bond donors (Lipinski definition) is 0. The zero-order chi connectivity index (χ0) is 11.2. The molecule has 0 radical (unpaired) electrons. The van der Waals surface area contributed by atoms with E-state index in [1.54, 1.807) is 19.2 Å². The summed E-state index contributed by atoms with van der Waals surface area (Å²) in [6.45, 7) is 1.73. The Hall–Kier alpha value is -0.450. The molecule has 0 spiro atoms. The molecule has 0 saturated heterocycles. The summed E-state index contributed by atoms with van der Waals surface area (Å²) < 4.78 is 25.0. The predicted molar refractivity (Wildman–Crippen MR) is 66.2 cm³/mol. The van der Waals surface area contributed by atoms with Gasteiger partial charge in [0.2, 0.25) is 0 Å². The molecule has 0 aromatic carbocycles. The Morgan fingerprint density at radius 3 is 2.73 bits per heavy atom. The van der Waals surface area contributed by atoms with Crippen molar-refractivity contribution in [1.82, 2.24) is 8.96 Å². The van der Waals surface area contributed by atoms with Crippen LogP contribution in [-0.2, 0) is 9.64 Å². The highest BCUT2D eigenvalue weighted by atomic mass is 79.9. The van der Waals surface area contributed by atoms with Crippen molar-refractivity contribution < 1.29 is 8.42 Å².